The van der Waals surface area contributed by atoms with Crippen molar-refractivity contribution in [3.63, 3.8) is 0 Å². The van der Waals surface area contributed by atoms with Crippen molar-refractivity contribution >= 4 is 21.7 Å². The van der Waals surface area contributed by atoms with Crippen LogP contribution >= 0.6 is 0 Å². The minimum Gasteiger partial charge on any atom is -0.370 e. The smallest absolute Gasteiger partial charge is 0.232 e. The third kappa shape index (κ3) is 2.26. The number of nitrogens with zero attached hydrogens (tertiary/aromatic N) is 2. The molecular formula is C13H17N5O2S. The van der Waals surface area contributed by atoms with E-state index < -0.39 is 15.7 Å². The highest BCUT2D eigenvalue weighted by molar-refractivity contribution is 7.92. The lowest BCUT2D eigenvalue weighted by molar-refractivity contribution is 0.579. The second-order valence-electron chi connectivity index (χ2n) is 5.20. The standard InChI is InChI=1S/C13H17N5O2S/c1-21(19,20)18-8-5-9-3-2-4-10(11(9)18)13(15)6-7-16-12(14)17-13/h2-4,6-7H,5,8,15H2,1H3,(H3,14,16,17). The van der Waals surface area contributed by atoms with E-state index in [1.54, 1.807) is 18.3 Å². The molecule has 2 aliphatic heterocycles. The molecule has 0 aromatic heterocycles. The van der Waals surface area contributed by atoms with Crippen LogP contribution in [0, 0.1) is 0 Å². The summed E-state index contributed by atoms with van der Waals surface area (Å²) in [5.41, 5.74) is 13.0. The summed E-state index contributed by atoms with van der Waals surface area (Å²) >= 11 is 0. The summed E-state index contributed by atoms with van der Waals surface area (Å²) in [6, 6.07) is 5.55. The van der Waals surface area contributed by atoms with Crippen LogP contribution in [0.4, 0.5) is 5.69 Å². The molecule has 1 aromatic carbocycles. The van der Waals surface area contributed by atoms with E-state index in [9.17, 15) is 8.42 Å². The molecule has 1 unspecified atom stereocenters. The van der Waals surface area contributed by atoms with E-state index in [-0.39, 0.29) is 5.96 Å². The van der Waals surface area contributed by atoms with Crippen molar-refractivity contribution in [1.82, 2.24) is 5.32 Å². The van der Waals surface area contributed by atoms with Gasteiger partial charge in [0.1, 0.15) is 0 Å². The fraction of sp³-hybridized carbons (Fsp3) is 0.308. The van der Waals surface area contributed by atoms with Gasteiger partial charge < -0.3 is 11.1 Å². The monoisotopic (exact) mass is 307 g/mol. The minimum atomic E-state index is -3.36. The second-order valence-corrected chi connectivity index (χ2v) is 7.11. The first-order chi connectivity index (χ1) is 9.81. The minimum absolute atomic E-state index is 0.196. The second kappa shape index (κ2) is 4.47. The Kier molecular flexibility index (Phi) is 2.96. The lowest BCUT2D eigenvalue weighted by atomic mass is 9.96. The van der Waals surface area contributed by atoms with Gasteiger partial charge in [-0.1, -0.05) is 18.2 Å². The SMILES string of the molecule is CS(=O)(=O)N1CCc2cccc(C3(N)C=CNC(N)=N3)c21. The molecule has 1 atom stereocenters. The van der Waals surface area contributed by atoms with E-state index in [0.717, 1.165) is 5.56 Å². The molecule has 0 saturated heterocycles. The first-order valence-corrected chi connectivity index (χ1v) is 8.35. The van der Waals surface area contributed by atoms with Crippen molar-refractivity contribution in [3.8, 4) is 0 Å². The highest BCUT2D eigenvalue weighted by atomic mass is 32.2. The Morgan fingerprint density at radius 1 is 1.43 bits per heavy atom. The summed E-state index contributed by atoms with van der Waals surface area (Å²) in [5, 5.41) is 2.75. The average Bonchev–Trinajstić information content (AvgIpc) is 2.81. The maximum Gasteiger partial charge on any atom is 0.232 e. The predicted molar refractivity (Wildman–Crippen MR) is 82.1 cm³/mol. The quantitative estimate of drug-likeness (QED) is 0.685. The average molecular weight is 307 g/mol. The molecule has 21 heavy (non-hydrogen) atoms. The van der Waals surface area contributed by atoms with Crippen LogP contribution in [0.25, 0.3) is 0 Å². The third-order valence-electron chi connectivity index (χ3n) is 3.66. The number of hydrogen-bond donors (Lipinski definition) is 3. The number of nitrogens with two attached hydrogens (primary N) is 2. The van der Waals surface area contributed by atoms with E-state index in [0.29, 0.717) is 24.2 Å². The molecule has 0 fully saturated rings. The molecule has 5 N–H and O–H groups in total. The Balaban J connectivity index is 2.21. The van der Waals surface area contributed by atoms with Gasteiger partial charge in [0, 0.05) is 18.3 Å². The molecule has 0 saturated carbocycles. The van der Waals surface area contributed by atoms with Gasteiger partial charge in [0.15, 0.2) is 11.6 Å². The Morgan fingerprint density at radius 2 is 2.19 bits per heavy atom. The van der Waals surface area contributed by atoms with E-state index in [4.69, 9.17) is 11.5 Å². The highest BCUT2D eigenvalue weighted by Crippen LogP contribution is 2.39. The normalized spacial score (nSPS) is 24.5. The van der Waals surface area contributed by atoms with Gasteiger partial charge in [0.05, 0.1) is 11.9 Å². The van der Waals surface area contributed by atoms with Crippen LogP contribution in [-0.2, 0) is 22.1 Å². The Morgan fingerprint density at radius 3 is 2.86 bits per heavy atom. The molecule has 0 amide bonds. The lowest BCUT2D eigenvalue weighted by Gasteiger charge is -2.30. The first kappa shape index (κ1) is 13.9. The van der Waals surface area contributed by atoms with Gasteiger partial charge in [0.2, 0.25) is 10.0 Å². The van der Waals surface area contributed by atoms with Gasteiger partial charge >= 0.3 is 0 Å². The number of fused-ring (bicyclic) bond motifs is 1. The Hall–Kier alpha value is -2.06. The molecule has 0 radical (unpaired) electrons. The third-order valence-corrected chi connectivity index (χ3v) is 4.82. The zero-order valence-electron chi connectivity index (χ0n) is 11.6. The van der Waals surface area contributed by atoms with Crippen LogP contribution in [0.1, 0.15) is 11.1 Å². The fourth-order valence-corrected chi connectivity index (χ4v) is 3.72. The zero-order chi connectivity index (χ0) is 15.3. The number of benzene rings is 1. The summed E-state index contributed by atoms with van der Waals surface area (Å²) in [7, 11) is -3.36. The van der Waals surface area contributed by atoms with Gasteiger partial charge in [-0.05, 0) is 18.1 Å². The zero-order valence-corrected chi connectivity index (χ0v) is 12.4. The molecule has 3 rings (SSSR count). The lowest BCUT2D eigenvalue weighted by Crippen LogP contribution is -2.43. The molecule has 0 spiro atoms. The molecule has 2 aliphatic rings. The summed E-state index contributed by atoms with van der Waals surface area (Å²) in [4.78, 5) is 4.23. The molecule has 2 heterocycles. The molecule has 0 aliphatic carbocycles. The van der Waals surface area contributed by atoms with Crippen LogP contribution in [0.3, 0.4) is 0 Å². The number of nitrogens with one attached hydrogen (secondary N) is 1. The molecule has 0 bridgehead atoms. The van der Waals surface area contributed by atoms with Gasteiger partial charge in [0.25, 0.3) is 0 Å². The topological polar surface area (TPSA) is 114 Å². The summed E-state index contributed by atoms with van der Waals surface area (Å²) < 4.78 is 25.4. The van der Waals surface area contributed by atoms with E-state index in [1.807, 2.05) is 12.1 Å². The van der Waals surface area contributed by atoms with Crippen LogP contribution in [-0.4, -0.2) is 27.2 Å². The summed E-state index contributed by atoms with van der Waals surface area (Å²) in [6.07, 6.45) is 5.13. The number of aliphatic imine (C=N–C) groups is 1. The number of guanidine groups is 1. The van der Waals surface area contributed by atoms with Crippen molar-refractivity contribution in [1.29, 1.82) is 0 Å². The van der Waals surface area contributed by atoms with Gasteiger partial charge in [-0.25, -0.2) is 13.4 Å². The van der Waals surface area contributed by atoms with Crippen LogP contribution in [0.15, 0.2) is 35.5 Å². The van der Waals surface area contributed by atoms with E-state index in [1.165, 1.54) is 10.6 Å². The van der Waals surface area contributed by atoms with Crippen molar-refractivity contribution < 1.29 is 8.42 Å². The van der Waals surface area contributed by atoms with E-state index in [2.05, 4.69) is 10.3 Å². The maximum absolute atomic E-state index is 12.0. The molecule has 1 aromatic rings. The van der Waals surface area contributed by atoms with Crippen molar-refractivity contribution in [2.45, 2.75) is 12.1 Å². The fourth-order valence-electron chi connectivity index (χ4n) is 2.75. The number of sulfonamides is 1. The van der Waals surface area contributed by atoms with Crippen LogP contribution < -0.4 is 21.1 Å². The van der Waals surface area contributed by atoms with Crippen molar-refractivity contribution in [2.75, 3.05) is 17.1 Å². The molecule has 7 nitrogen and oxygen atoms in total. The summed E-state index contributed by atoms with van der Waals surface area (Å²) in [5.74, 6) is 0.196. The van der Waals surface area contributed by atoms with Gasteiger partial charge in [-0.2, -0.15) is 0 Å². The predicted octanol–water partition coefficient (Wildman–Crippen LogP) is -0.448. The Bertz CT molecular complexity index is 756. The van der Waals surface area contributed by atoms with Gasteiger partial charge in [-0.15, -0.1) is 0 Å². The maximum atomic E-state index is 12.0. The largest absolute Gasteiger partial charge is 0.370 e. The van der Waals surface area contributed by atoms with Crippen molar-refractivity contribution in [2.24, 2.45) is 16.5 Å². The molecule has 8 heteroatoms. The van der Waals surface area contributed by atoms with Crippen molar-refractivity contribution in [3.05, 3.63) is 41.6 Å². The number of rotatable bonds is 2. The molecular weight excluding hydrogens is 290 g/mol. The Labute approximate surface area is 123 Å². The number of anilines is 1. The highest BCUT2D eigenvalue weighted by Gasteiger charge is 2.36. The van der Waals surface area contributed by atoms with Crippen LogP contribution in [0.2, 0.25) is 0 Å². The first-order valence-electron chi connectivity index (χ1n) is 6.50. The number of para-hydroxylation sites is 1. The van der Waals surface area contributed by atoms with Crippen LogP contribution in [0.5, 0.6) is 0 Å². The van der Waals surface area contributed by atoms with E-state index >= 15 is 0 Å². The van der Waals surface area contributed by atoms with Gasteiger partial charge in [-0.3, -0.25) is 10.0 Å². The number of hydrogen-bond acceptors (Lipinski definition) is 6. The molecule has 112 valence electrons. The summed E-state index contributed by atoms with van der Waals surface area (Å²) in [6.45, 7) is 0.419.